The van der Waals surface area contributed by atoms with Gasteiger partial charge in [-0.05, 0) is 17.9 Å². The fourth-order valence-electron chi connectivity index (χ4n) is 1.71. The van der Waals surface area contributed by atoms with Crippen molar-refractivity contribution in [1.82, 2.24) is 0 Å². The van der Waals surface area contributed by atoms with Crippen molar-refractivity contribution in [2.45, 2.75) is 12.4 Å². The highest BCUT2D eigenvalue weighted by atomic mass is 32.2. The molecule has 0 aliphatic carbocycles. The van der Waals surface area contributed by atoms with Crippen molar-refractivity contribution < 1.29 is 19.3 Å². The molecule has 0 atom stereocenters. The van der Waals surface area contributed by atoms with Crippen LogP contribution >= 0.6 is 11.8 Å². The lowest BCUT2D eigenvalue weighted by Crippen LogP contribution is -2.02. The molecule has 0 fully saturated rings. The molecule has 96 valence electrons. The zero-order valence-electron chi connectivity index (χ0n) is 10.6. The Labute approximate surface area is 106 Å². The Kier molecular flexibility index (Phi) is 5.44. The number of methoxy groups -OCH3 is 3. The standard InChI is InChI=1S/C12H18O4S/c1-14-10-5-8(6-13)9(7-17-4)11(15-2)12(10)16-3/h5,13H,6-7H2,1-4H3. The van der Waals surface area contributed by atoms with Gasteiger partial charge in [0.2, 0.25) is 5.75 Å². The van der Waals surface area contributed by atoms with Crippen molar-refractivity contribution in [3.8, 4) is 17.2 Å². The van der Waals surface area contributed by atoms with Crippen molar-refractivity contribution in [1.29, 1.82) is 0 Å². The van der Waals surface area contributed by atoms with E-state index in [1.165, 1.54) is 0 Å². The largest absolute Gasteiger partial charge is 0.493 e. The van der Waals surface area contributed by atoms with E-state index in [4.69, 9.17) is 14.2 Å². The van der Waals surface area contributed by atoms with Crippen LogP contribution in [0.25, 0.3) is 0 Å². The quantitative estimate of drug-likeness (QED) is 0.846. The van der Waals surface area contributed by atoms with E-state index in [1.54, 1.807) is 39.2 Å². The molecule has 1 aromatic rings. The number of aliphatic hydroxyl groups is 1. The second-order valence-corrected chi connectivity index (χ2v) is 4.24. The number of ether oxygens (including phenoxy) is 3. The highest BCUT2D eigenvalue weighted by Crippen LogP contribution is 2.43. The Morgan fingerprint density at radius 2 is 1.76 bits per heavy atom. The van der Waals surface area contributed by atoms with Gasteiger partial charge >= 0.3 is 0 Å². The number of hydrogen-bond donors (Lipinski definition) is 1. The predicted octanol–water partition coefficient (Wildman–Crippen LogP) is 2.07. The van der Waals surface area contributed by atoms with Crippen molar-refractivity contribution in [3.63, 3.8) is 0 Å². The predicted molar refractivity (Wildman–Crippen MR) is 69.2 cm³/mol. The van der Waals surface area contributed by atoms with Gasteiger partial charge in [0.05, 0.1) is 27.9 Å². The van der Waals surface area contributed by atoms with Gasteiger partial charge in [-0.1, -0.05) is 0 Å². The molecule has 0 saturated heterocycles. The van der Waals surface area contributed by atoms with Crippen LogP contribution in [0, 0.1) is 0 Å². The molecule has 5 heteroatoms. The first kappa shape index (κ1) is 14.0. The molecule has 0 radical (unpaired) electrons. The Bertz CT molecular complexity index is 379. The third-order valence-corrected chi connectivity index (χ3v) is 3.06. The van der Waals surface area contributed by atoms with Gasteiger partial charge in [0.1, 0.15) is 0 Å². The van der Waals surface area contributed by atoms with Crippen LogP contribution in [0.2, 0.25) is 0 Å². The first-order valence-electron chi connectivity index (χ1n) is 5.13. The van der Waals surface area contributed by atoms with Crippen LogP contribution in [0.5, 0.6) is 17.2 Å². The normalized spacial score (nSPS) is 10.2. The molecule has 17 heavy (non-hydrogen) atoms. The van der Waals surface area contributed by atoms with Crippen LogP contribution in [-0.2, 0) is 12.4 Å². The zero-order chi connectivity index (χ0) is 12.8. The highest BCUT2D eigenvalue weighted by Gasteiger charge is 2.19. The topological polar surface area (TPSA) is 47.9 Å². The molecule has 1 rings (SSSR count). The Balaban J connectivity index is 3.44. The lowest BCUT2D eigenvalue weighted by Gasteiger charge is -2.18. The number of benzene rings is 1. The second kappa shape index (κ2) is 6.61. The van der Waals surface area contributed by atoms with Gasteiger partial charge in [-0.15, -0.1) is 0 Å². The maximum atomic E-state index is 9.39. The number of hydrogen-bond acceptors (Lipinski definition) is 5. The molecule has 0 heterocycles. The van der Waals surface area contributed by atoms with Crippen LogP contribution in [0.4, 0.5) is 0 Å². The minimum Gasteiger partial charge on any atom is -0.493 e. The third-order valence-electron chi connectivity index (χ3n) is 2.48. The maximum Gasteiger partial charge on any atom is 0.203 e. The maximum absolute atomic E-state index is 9.39. The summed E-state index contributed by atoms with van der Waals surface area (Å²) in [6.45, 7) is -0.0490. The molecule has 0 aromatic heterocycles. The Hall–Kier alpha value is -1.07. The molecule has 0 saturated carbocycles. The Morgan fingerprint density at radius 1 is 1.12 bits per heavy atom. The van der Waals surface area contributed by atoms with Gasteiger partial charge in [-0.3, -0.25) is 0 Å². The van der Waals surface area contributed by atoms with E-state index in [0.717, 1.165) is 16.9 Å². The molecule has 0 aliphatic heterocycles. The van der Waals surface area contributed by atoms with Crippen LogP contribution in [0.3, 0.4) is 0 Å². The summed E-state index contributed by atoms with van der Waals surface area (Å²) in [5.74, 6) is 2.51. The molecular weight excluding hydrogens is 240 g/mol. The molecule has 0 spiro atoms. The number of aliphatic hydroxyl groups excluding tert-OH is 1. The molecule has 0 unspecified atom stereocenters. The van der Waals surface area contributed by atoms with E-state index >= 15 is 0 Å². The van der Waals surface area contributed by atoms with E-state index in [-0.39, 0.29) is 6.61 Å². The van der Waals surface area contributed by atoms with Crippen LogP contribution in [0.15, 0.2) is 6.07 Å². The second-order valence-electron chi connectivity index (χ2n) is 3.37. The van der Waals surface area contributed by atoms with Crippen molar-refractivity contribution >= 4 is 11.8 Å². The summed E-state index contributed by atoms with van der Waals surface area (Å²) in [7, 11) is 4.72. The first-order valence-corrected chi connectivity index (χ1v) is 6.53. The van der Waals surface area contributed by atoms with Gasteiger partial charge in [-0.2, -0.15) is 11.8 Å². The summed E-state index contributed by atoms with van der Waals surface area (Å²) in [5, 5.41) is 9.39. The fraction of sp³-hybridized carbons (Fsp3) is 0.500. The summed E-state index contributed by atoms with van der Waals surface area (Å²) in [6.07, 6.45) is 2.00. The molecule has 0 bridgehead atoms. The van der Waals surface area contributed by atoms with Crippen molar-refractivity contribution in [2.75, 3.05) is 27.6 Å². The molecular formula is C12H18O4S. The molecule has 0 amide bonds. The first-order chi connectivity index (χ1) is 8.23. The van der Waals surface area contributed by atoms with E-state index in [2.05, 4.69) is 0 Å². The summed E-state index contributed by atoms with van der Waals surface area (Å²) in [4.78, 5) is 0. The highest BCUT2D eigenvalue weighted by molar-refractivity contribution is 7.97. The molecule has 1 aromatic carbocycles. The molecule has 4 nitrogen and oxygen atoms in total. The average molecular weight is 258 g/mol. The minimum atomic E-state index is -0.0490. The minimum absolute atomic E-state index is 0.0490. The van der Waals surface area contributed by atoms with Crippen LogP contribution in [-0.4, -0.2) is 32.7 Å². The summed E-state index contributed by atoms with van der Waals surface area (Å²) < 4.78 is 15.9. The number of rotatable bonds is 6. The van der Waals surface area contributed by atoms with E-state index in [9.17, 15) is 5.11 Å². The zero-order valence-corrected chi connectivity index (χ0v) is 11.4. The molecule has 0 aliphatic rings. The summed E-state index contributed by atoms with van der Waals surface area (Å²) >= 11 is 1.66. The average Bonchev–Trinajstić information content (AvgIpc) is 2.37. The monoisotopic (exact) mass is 258 g/mol. The van der Waals surface area contributed by atoms with Gasteiger partial charge in [0, 0.05) is 11.3 Å². The van der Waals surface area contributed by atoms with E-state index in [1.807, 2.05) is 6.26 Å². The van der Waals surface area contributed by atoms with Gasteiger partial charge in [0.15, 0.2) is 11.5 Å². The Morgan fingerprint density at radius 3 is 2.18 bits per heavy atom. The fourth-order valence-corrected chi connectivity index (χ4v) is 2.32. The smallest absolute Gasteiger partial charge is 0.203 e. The van der Waals surface area contributed by atoms with E-state index < -0.39 is 0 Å². The third kappa shape index (κ3) is 2.79. The van der Waals surface area contributed by atoms with Crippen molar-refractivity contribution in [3.05, 3.63) is 17.2 Å². The summed E-state index contributed by atoms with van der Waals surface area (Å²) in [5.41, 5.74) is 1.74. The number of thioether (sulfide) groups is 1. The summed E-state index contributed by atoms with van der Waals surface area (Å²) in [6, 6.07) is 1.78. The van der Waals surface area contributed by atoms with Crippen LogP contribution in [0.1, 0.15) is 11.1 Å². The lowest BCUT2D eigenvalue weighted by atomic mass is 10.1. The van der Waals surface area contributed by atoms with Gasteiger partial charge in [-0.25, -0.2) is 0 Å². The SMILES string of the molecule is COc1cc(CO)c(CSC)c(OC)c1OC. The van der Waals surface area contributed by atoms with Crippen molar-refractivity contribution in [2.24, 2.45) is 0 Å². The molecule has 1 N–H and O–H groups in total. The van der Waals surface area contributed by atoms with Gasteiger partial charge < -0.3 is 19.3 Å². The van der Waals surface area contributed by atoms with E-state index in [0.29, 0.717) is 17.2 Å². The van der Waals surface area contributed by atoms with Crippen LogP contribution < -0.4 is 14.2 Å². The lowest BCUT2D eigenvalue weighted by molar-refractivity contribution is 0.276. The van der Waals surface area contributed by atoms with Gasteiger partial charge in [0.25, 0.3) is 0 Å².